The van der Waals surface area contributed by atoms with Gasteiger partial charge in [0, 0.05) is 12.0 Å². The molecule has 1 saturated heterocycles. The smallest absolute Gasteiger partial charge is 0.336 e. The van der Waals surface area contributed by atoms with Gasteiger partial charge >= 0.3 is 5.90 Å². The largest absolute Gasteiger partial charge is 0.454 e. The summed E-state index contributed by atoms with van der Waals surface area (Å²) in [6.45, 7) is 6.06. The SMILES string of the molecule is CC(=[NH2+])OC(=N)C1CCN(C(C)c2ccc3c(c2)OCO3)CC1. The summed E-state index contributed by atoms with van der Waals surface area (Å²) < 4.78 is 16.1. The highest BCUT2D eigenvalue weighted by atomic mass is 16.7. The van der Waals surface area contributed by atoms with Gasteiger partial charge in [-0.2, -0.15) is 0 Å². The molecule has 0 bridgehead atoms. The third-order valence-corrected chi connectivity index (χ3v) is 4.60. The van der Waals surface area contributed by atoms with E-state index in [1.807, 2.05) is 6.07 Å². The molecule has 1 aromatic rings. The zero-order valence-corrected chi connectivity index (χ0v) is 13.7. The van der Waals surface area contributed by atoms with Gasteiger partial charge in [-0.3, -0.25) is 10.3 Å². The molecule has 1 fully saturated rings. The fraction of sp³-hybridized carbons (Fsp3) is 0.529. The van der Waals surface area contributed by atoms with E-state index in [1.165, 1.54) is 5.56 Å². The van der Waals surface area contributed by atoms with Gasteiger partial charge in [0.25, 0.3) is 0 Å². The second kappa shape index (κ2) is 6.58. The number of piperidine rings is 1. The molecule has 3 N–H and O–H groups in total. The van der Waals surface area contributed by atoms with Crippen LogP contribution in [0.3, 0.4) is 0 Å². The lowest BCUT2D eigenvalue weighted by Crippen LogP contribution is -2.43. The third-order valence-electron chi connectivity index (χ3n) is 4.60. The molecule has 0 spiro atoms. The van der Waals surface area contributed by atoms with E-state index >= 15 is 0 Å². The van der Waals surface area contributed by atoms with Gasteiger partial charge in [-0.25, -0.2) is 5.41 Å². The maximum Gasteiger partial charge on any atom is 0.336 e. The number of nitrogens with one attached hydrogen (secondary N) is 1. The van der Waals surface area contributed by atoms with E-state index < -0.39 is 0 Å². The van der Waals surface area contributed by atoms with Gasteiger partial charge in [0.2, 0.25) is 6.79 Å². The normalized spacial score (nSPS) is 19.4. The second-order valence-corrected chi connectivity index (χ2v) is 6.18. The molecule has 6 heteroatoms. The summed E-state index contributed by atoms with van der Waals surface area (Å²) in [7, 11) is 0. The maximum absolute atomic E-state index is 7.96. The first-order chi connectivity index (χ1) is 11.0. The predicted molar refractivity (Wildman–Crippen MR) is 86.7 cm³/mol. The summed E-state index contributed by atoms with van der Waals surface area (Å²) in [4.78, 5) is 2.43. The van der Waals surface area contributed by atoms with Crippen LogP contribution in [0, 0.1) is 11.3 Å². The zero-order chi connectivity index (χ0) is 16.4. The Morgan fingerprint density at radius 1 is 1.30 bits per heavy atom. The lowest BCUT2D eigenvalue weighted by Gasteiger charge is -2.35. The summed E-state index contributed by atoms with van der Waals surface area (Å²) in [6.07, 6.45) is 1.84. The molecule has 1 aromatic carbocycles. The predicted octanol–water partition coefficient (Wildman–Crippen LogP) is 1.36. The first-order valence-corrected chi connectivity index (χ1v) is 8.03. The van der Waals surface area contributed by atoms with Crippen molar-refractivity contribution in [2.24, 2.45) is 5.92 Å². The lowest BCUT2D eigenvalue weighted by atomic mass is 9.94. The van der Waals surface area contributed by atoms with Gasteiger partial charge in [-0.15, -0.1) is 0 Å². The number of ether oxygens (including phenoxy) is 3. The van der Waals surface area contributed by atoms with Crippen molar-refractivity contribution in [3.8, 4) is 11.5 Å². The molecule has 2 aliphatic heterocycles. The fourth-order valence-corrected chi connectivity index (χ4v) is 3.19. The number of hydrogen-bond donors (Lipinski definition) is 2. The molecule has 0 aromatic heterocycles. The van der Waals surface area contributed by atoms with Crippen LogP contribution in [0.4, 0.5) is 0 Å². The average Bonchev–Trinajstić information content (AvgIpc) is 3.01. The van der Waals surface area contributed by atoms with Crippen LogP contribution in [0.2, 0.25) is 0 Å². The Bertz CT molecular complexity index is 609. The van der Waals surface area contributed by atoms with E-state index in [9.17, 15) is 0 Å². The number of nitrogens with zero attached hydrogens (tertiary/aromatic N) is 1. The molecule has 0 saturated carbocycles. The van der Waals surface area contributed by atoms with Crippen LogP contribution in [0.5, 0.6) is 11.5 Å². The van der Waals surface area contributed by atoms with Crippen molar-refractivity contribution < 1.29 is 19.6 Å². The highest BCUT2D eigenvalue weighted by molar-refractivity contribution is 5.87. The quantitative estimate of drug-likeness (QED) is 0.651. The van der Waals surface area contributed by atoms with E-state index in [0.717, 1.165) is 37.4 Å². The van der Waals surface area contributed by atoms with Gasteiger partial charge in [-0.05, 0) is 50.6 Å². The summed E-state index contributed by atoms with van der Waals surface area (Å²) in [5.41, 5.74) is 1.23. The number of rotatable bonds is 3. The minimum atomic E-state index is 0.161. The van der Waals surface area contributed by atoms with Crippen molar-refractivity contribution in [3.05, 3.63) is 23.8 Å². The molecule has 1 atom stereocenters. The second-order valence-electron chi connectivity index (χ2n) is 6.18. The molecule has 2 heterocycles. The Morgan fingerprint density at radius 2 is 2.00 bits per heavy atom. The topological polar surface area (TPSA) is 80.4 Å². The van der Waals surface area contributed by atoms with E-state index in [0.29, 0.717) is 24.6 Å². The minimum absolute atomic E-state index is 0.161. The van der Waals surface area contributed by atoms with Crippen molar-refractivity contribution in [1.29, 1.82) is 5.41 Å². The average molecular weight is 318 g/mol. The first-order valence-electron chi connectivity index (χ1n) is 8.03. The van der Waals surface area contributed by atoms with Gasteiger partial charge < -0.3 is 14.2 Å². The van der Waals surface area contributed by atoms with Gasteiger partial charge in [0.05, 0.1) is 6.92 Å². The highest BCUT2D eigenvalue weighted by Gasteiger charge is 2.28. The van der Waals surface area contributed by atoms with Crippen molar-refractivity contribution in [3.63, 3.8) is 0 Å². The van der Waals surface area contributed by atoms with Crippen LogP contribution in [-0.4, -0.2) is 36.6 Å². The minimum Gasteiger partial charge on any atom is -0.454 e. The van der Waals surface area contributed by atoms with Crippen LogP contribution in [0.1, 0.15) is 38.3 Å². The number of hydrogen-bond acceptors (Lipinski definition) is 5. The molecular weight excluding hydrogens is 294 g/mol. The van der Waals surface area contributed by atoms with Crippen molar-refractivity contribution >= 4 is 11.8 Å². The maximum atomic E-state index is 7.96. The van der Waals surface area contributed by atoms with E-state index in [-0.39, 0.29) is 5.92 Å². The van der Waals surface area contributed by atoms with Crippen molar-refractivity contribution in [2.45, 2.75) is 32.7 Å². The molecule has 2 aliphatic rings. The molecule has 0 radical (unpaired) electrons. The molecule has 6 nitrogen and oxygen atoms in total. The van der Waals surface area contributed by atoms with Gasteiger partial charge in [0.1, 0.15) is 0 Å². The first kappa shape index (κ1) is 15.8. The van der Waals surface area contributed by atoms with E-state index in [4.69, 9.17) is 25.0 Å². The van der Waals surface area contributed by atoms with Crippen molar-refractivity contribution in [2.75, 3.05) is 19.9 Å². The molecule has 124 valence electrons. The van der Waals surface area contributed by atoms with Gasteiger partial charge in [-0.1, -0.05) is 6.07 Å². The Hall–Kier alpha value is -2.08. The van der Waals surface area contributed by atoms with Crippen molar-refractivity contribution in [1.82, 2.24) is 4.90 Å². The van der Waals surface area contributed by atoms with Crippen LogP contribution in [0.15, 0.2) is 18.2 Å². The van der Waals surface area contributed by atoms with E-state index in [2.05, 4.69) is 24.0 Å². The Kier molecular flexibility index (Phi) is 4.52. The van der Waals surface area contributed by atoms with Crippen LogP contribution < -0.4 is 14.9 Å². The lowest BCUT2D eigenvalue weighted by molar-refractivity contribution is -0.133. The van der Waals surface area contributed by atoms with Crippen LogP contribution in [0.25, 0.3) is 0 Å². The zero-order valence-electron chi connectivity index (χ0n) is 13.7. The molecule has 0 aliphatic carbocycles. The Labute approximate surface area is 136 Å². The molecule has 23 heavy (non-hydrogen) atoms. The standard InChI is InChI=1S/C17H23N3O3/c1-11(14-3-4-15-16(9-14)22-10-21-15)20-7-5-13(6-8-20)17(19)23-12(2)18/h3-4,9,11,13,18-19H,5-8,10H2,1-2H3/p+1. The number of likely N-dealkylation sites (tertiary alicyclic amines) is 1. The van der Waals surface area contributed by atoms with E-state index in [1.54, 1.807) is 6.92 Å². The summed E-state index contributed by atoms with van der Waals surface area (Å²) in [6, 6.07) is 6.45. The van der Waals surface area contributed by atoms with Crippen LogP contribution >= 0.6 is 0 Å². The Balaban J connectivity index is 1.59. The summed E-state index contributed by atoms with van der Waals surface area (Å²) >= 11 is 0. The monoisotopic (exact) mass is 318 g/mol. The number of fused-ring (bicyclic) bond motifs is 1. The summed E-state index contributed by atoms with van der Waals surface area (Å²) in [5, 5.41) is 13.5. The van der Waals surface area contributed by atoms with Crippen LogP contribution in [-0.2, 0) is 4.74 Å². The molecular formula is C17H24N3O3+. The highest BCUT2D eigenvalue weighted by Crippen LogP contribution is 2.36. The fourth-order valence-electron chi connectivity index (χ4n) is 3.19. The molecule has 0 amide bonds. The molecule has 1 unspecified atom stereocenters. The molecule has 3 rings (SSSR count). The number of nitrogens with two attached hydrogens (primary N) is 1. The third kappa shape index (κ3) is 3.47. The van der Waals surface area contributed by atoms with Gasteiger partial charge in [0.15, 0.2) is 17.4 Å². The number of benzene rings is 1. The Morgan fingerprint density at radius 3 is 2.70 bits per heavy atom. The summed E-state index contributed by atoms with van der Waals surface area (Å²) in [5.74, 6) is 2.44.